The molecule has 3 aromatic rings. The average molecular weight is 564 g/mol. The number of para-hydroxylation sites is 1. The van der Waals surface area contributed by atoms with Crippen molar-refractivity contribution in [1.29, 1.82) is 0 Å². The van der Waals surface area contributed by atoms with Gasteiger partial charge < -0.3 is 19.9 Å². The van der Waals surface area contributed by atoms with Crippen LogP contribution in [0.5, 0.6) is 0 Å². The van der Waals surface area contributed by atoms with Gasteiger partial charge in [-0.05, 0) is 66.6 Å². The summed E-state index contributed by atoms with van der Waals surface area (Å²) in [7, 11) is 0. The lowest BCUT2D eigenvalue weighted by atomic mass is 10.1. The number of ether oxygens (including phenoxy) is 1. The van der Waals surface area contributed by atoms with Crippen molar-refractivity contribution < 1.29 is 31.9 Å². The van der Waals surface area contributed by atoms with Crippen molar-refractivity contribution in [2.45, 2.75) is 45.1 Å². The van der Waals surface area contributed by atoms with Gasteiger partial charge in [0, 0.05) is 24.6 Å². The van der Waals surface area contributed by atoms with E-state index < -0.39 is 35.2 Å². The molecule has 3 amide bonds. The molecule has 1 saturated heterocycles. The van der Waals surface area contributed by atoms with E-state index in [0.717, 1.165) is 22.9 Å². The molecular formula is C28H29F4N3O3S. The van der Waals surface area contributed by atoms with Gasteiger partial charge in [-0.1, -0.05) is 24.3 Å². The summed E-state index contributed by atoms with van der Waals surface area (Å²) in [4.78, 5) is 30.6. The number of benzene rings is 2. The third-order valence-corrected chi connectivity index (χ3v) is 7.49. The number of halogens is 4. The van der Waals surface area contributed by atoms with Gasteiger partial charge in [0.15, 0.2) is 0 Å². The van der Waals surface area contributed by atoms with Crippen molar-refractivity contribution in [3.8, 4) is 0 Å². The van der Waals surface area contributed by atoms with E-state index in [1.54, 1.807) is 17.0 Å². The zero-order valence-electron chi connectivity index (χ0n) is 21.3. The van der Waals surface area contributed by atoms with Crippen LogP contribution in [-0.4, -0.2) is 47.5 Å². The molecule has 0 radical (unpaired) electrons. The minimum atomic E-state index is -4.66. The average Bonchev–Trinajstić information content (AvgIpc) is 3.55. The second kappa shape index (κ2) is 12.6. The Hall–Kier alpha value is -3.44. The first-order chi connectivity index (χ1) is 18.6. The fraction of sp³-hybridized carbons (Fsp3) is 0.357. The lowest BCUT2D eigenvalue weighted by Gasteiger charge is -2.29. The van der Waals surface area contributed by atoms with Crippen molar-refractivity contribution in [2.24, 2.45) is 0 Å². The summed E-state index contributed by atoms with van der Waals surface area (Å²) in [6.07, 6.45) is -3.53. The first-order valence-corrected chi connectivity index (χ1v) is 13.4. The highest BCUT2D eigenvalue weighted by Crippen LogP contribution is 2.34. The largest absolute Gasteiger partial charge is 0.418 e. The van der Waals surface area contributed by atoms with Gasteiger partial charge in [-0.15, -0.1) is 11.3 Å². The molecule has 1 atom stereocenters. The third kappa shape index (κ3) is 7.79. The minimum Gasteiger partial charge on any atom is -0.376 e. The Morgan fingerprint density at radius 3 is 2.44 bits per heavy atom. The molecule has 11 heteroatoms. The number of alkyl halides is 3. The summed E-state index contributed by atoms with van der Waals surface area (Å²) in [6.45, 7) is 2.56. The lowest BCUT2D eigenvalue weighted by Crippen LogP contribution is -2.47. The van der Waals surface area contributed by atoms with Crippen LogP contribution >= 0.6 is 11.3 Å². The highest BCUT2D eigenvalue weighted by molar-refractivity contribution is 7.10. The van der Waals surface area contributed by atoms with Gasteiger partial charge in [0.2, 0.25) is 5.91 Å². The van der Waals surface area contributed by atoms with Crippen LogP contribution in [0.1, 0.15) is 34.4 Å². The van der Waals surface area contributed by atoms with Gasteiger partial charge in [0.05, 0.1) is 23.9 Å². The summed E-state index contributed by atoms with van der Waals surface area (Å²) < 4.78 is 59.7. The predicted octanol–water partition coefficient (Wildman–Crippen LogP) is 6.46. The van der Waals surface area contributed by atoms with Crippen LogP contribution in [0.25, 0.3) is 0 Å². The molecule has 1 aliphatic heterocycles. The standard InChI is InChI=1S/C28H29F4N3O3S/c1-19-12-14-39-25(19)17-34(15-20-8-10-21(29)11-9-20)26(36)18-35(16-22-5-4-13-38-22)27(37)33-24-7-3-2-6-23(24)28(30,31)32/h2-3,6-12,14,22H,4-5,13,15-18H2,1H3,(H,33,37). The van der Waals surface area contributed by atoms with Crippen molar-refractivity contribution in [3.63, 3.8) is 0 Å². The number of aryl methyl sites for hydroxylation is 1. The SMILES string of the molecule is Cc1ccsc1CN(Cc1ccc(F)cc1)C(=O)CN(CC1CCCO1)C(=O)Nc1ccccc1C(F)(F)F. The Morgan fingerprint density at radius 1 is 1.05 bits per heavy atom. The van der Waals surface area contributed by atoms with E-state index in [2.05, 4.69) is 5.32 Å². The Bertz CT molecular complexity index is 1270. The molecule has 1 fully saturated rings. The Labute approximate surface area is 228 Å². The summed E-state index contributed by atoms with van der Waals surface area (Å²) >= 11 is 1.49. The van der Waals surface area contributed by atoms with E-state index in [-0.39, 0.29) is 32.3 Å². The lowest BCUT2D eigenvalue weighted by molar-refractivity contribution is -0.137. The number of urea groups is 1. The van der Waals surface area contributed by atoms with E-state index in [1.165, 1.54) is 46.6 Å². The smallest absolute Gasteiger partial charge is 0.376 e. The normalized spacial score (nSPS) is 15.3. The number of rotatable bonds is 9. The maximum Gasteiger partial charge on any atom is 0.418 e. The van der Waals surface area contributed by atoms with Crippen LogP contribution in [0.4, 0.5) is 28.0 Å². The van der Waals surface area contributed by atoms with Gasteiger partial charge >= 0.3 is 12.2 Å². The van der Waals surface area contributed by atoms with Crippen LogP contribution in [-0.2, 0) is 28.8 Å². The maximum absolute atomic E-state index is 13.6. The number of anilines is 1. The van der Waals surface area contributed by atoms with E-state index in [4.69, 9.17) is 4.74 Å². The number of amides is 3. The first-order valence-electron chi connectivity index (χ1n) is 12.5. The topological polar surface area (TPSA) is 61.9 Å². The van der Waals surface area contributed by atoms with E-state index >= 15 is 0 Å². The highest BCUT2D eigenvalue weighted by Gasteiger charge is 2.34. The summed E-state index contributed by atoms with van der Waals surface area (Å²) in [5.41, 5.74) is 0.341. The van der Waals surface area contributed by atoms with Gasteiger partial charge in [0.1, 0.15) is 12.4 Å². The van der Waals surface area contributed by atoms with Crippen molar-refractivity contribution in [1.82, 2.24) is 9.80 Å². The third-order valence-electron chi connectivity index (χ3n) is 6.48. The first kappa shape index (κ1) is 28.6. The second-order valence-corrected chi connectivity index (χ2v) is 10.4. The number of carbonyl (C=O) groups is 2. The highest BCUT2D eigenvalue weighted by atomic mass is 32.1. The number of hydrogen-bond donors (Lipinski definition) is 1. The van der Waals surface area contributed by atoms with Crippen LogP contribution in [0.2, 0.25) is 0 Å². The molecule has 0 aliphatic carbocycles. The number of nitrogens with one attached hydrogen (secondary N) is 1. The molecule has 1 N–H and O–H groups in total. The van der Waals surface area contributed by atoms with Crippen LogP contribution in [0.3, 0.4) is 0 Å². The van der Waals surface area contributed by atoms with Crippen molar-refractivity contribution in [3.05, 3.63) is 87.4 Å². The summed E-state index contributed by atoms with van der Waals surface area (Å²) in [5, 5.41) is 4.26. The number of hydrogen-bond acceptors (Lipinski definition) is 4. The molecule has 2 heterocycles. The predicted molar refractivity (Wildman–Crippen MR) is 141 cm³/mol. The zero-order chi connectivity index (χ0) is 28.0. The fourth-order valence-corrected chi connectivity index (χ4v) is 5.25. The summed E-state index contributed by atoms with van der Waals surface area (Å²) in [6, 6.07) is 11.6. The van der Waals surface area contributed by atoms with E-state index in [1.807, 2.05) is 18.4 Å². The van der Waals surface area contributed by atoms with Crippen molar-refractivity contribution in [2.75, 3.05) is 25.0 Å². The number of thiophene rings is 1. The van der Waals surface area contributed by atoms with Crippen LogP contribution < -0.4 is 5.32 Å². The summed E-state index contributed by atoms with van der Waals surface area (Å²) in [5.74, 6) is -0.798. The maximum atomic E-state index is 13.6. The Kier molecular flexibility index (Phi) is 9.24. The molecule has 6 nitrogen and oxygen atoms in total. The molecule has 39 heavy (non-hydrogen) atoms. The molecule has 4 rings (SSSR count). The monoisotopic (exact) mass is 563 g/mol. The van der Waals surface area contributed by atoms with Gasteiger partial charge in [-0.25, -0.2) is 9.18 Å². The molecule has 0 saturated carbocycles. The Balaban J connectivity index is 1.56. The quantitative estimate of drug-likeness (QED) is 0.304. The number of carbonyl (C=O) groups excluding carboxylic acids is 2. The number of nitrogens with zero attached hydrogens (tertiary/aromatic N) is 2. The molecule has 2 aromatic carbocycles. The zero-order valence-corrected chi connectivity index (χ0v) is 22.2. The van der Waals surface area contributed by atoms with Crippen LogP contribution in [0, 0.1) is 12.7 Å². The van der Waals surface area contributed by atoms with Gasteiger partial charge in [-0.2, -0.15) is 13.2 Å². The fourth-order valence-electron chi connectivity index (χ4n) is 4.33. The molecule has 0 spiro atoms. The molecular weight excluding hydrogens is 534 g/mol. The van der Waals surface area contributed by atoms with Crippen molar-refractivity contribution >= 4 is 29.0 Å². The molecule has 1 aromatic heterocycles. The molecule has 0 bridgehead atoms. The minimum absolute atomic E-state index is 0.0498. The molecule has 1 unspecified atom stereocenters. The van der Waals surface area contributed by atoms with E-state index in [9.17, 15) is 27.2 Å². The van der Waals surface area contributed by atoms with Gasteiger partial charge in [-0.3, -0.25) is 4.79 Å². The van der Waals surface area contributed by atoms with E-state index in [0.29, 0.717) is 18.6 Å². The Morgan fingerprint density at radius 2 is 1.79 bits per heavy atom. The molecule has 208 valence electrons. The van der Waals surface area contributed by atoms with Crippen LogP contribution in [0.15, 0.2) is 60.0 Å². The van der Waals surface area contributed by atoms with Gasteiger partial charge in [0.25, 0.3) is 0 Å². The molecule has 1 aliphatic rings. The second-order valence-electron chi connectivity index (χ2n) is 9.39.